The van der Waals surface area contributed by atoms with Gasteiger partial charge in [-0.3, -0.25) is 14.9 Å². The van der Waals surface area contributed by atoms with E-state index in [1.54, 1.807) is 12.4 Å². The molecule has 0 radical (unpaired) electrons. The predicted molar refractivity (Wildman–Crippen MR) is 101 cm³/mol. The van der Waals surface area contributed by atoms with Crippen LogP contribution in [0.3, 0.4) is 0 Å². The van der Waals surface area contributed by atoms with Gasteiger partial charge >= 0.3 is 0 Å². The number of hydrogen-bond donors (Lipinski definition) is 3. The van der Waals surface area contributed by atoms with Crippen LogP contribution >= 0.6 is 0 Å². The summed E-state index contributed by atoms with van der Waals surface area (Å²) in [4.78, 5) is 21.3. The number of H-pyrrole nitrogens is 1. The number of aromatic nitrogens is 5. The third kappa shape index (κ3) is 3.64. The quantitative estimate of drug-likeness (QED) is 0.594. The van der Waals surface area contributed by atoms with E-state index in [2.05, 4.69) is 30.5 Å². The molecule has 9 heteroatoms. The van der Waals surface area contributed by atoms with Gasteiger partial charge in [-0.25, -0.2) is 14.4 Å². The molecule has 8 nitrogen and oxygen atoms in total. The largest absolute Gasteiger partial charge is 0.483 e. The highest BCUT2D eigenvalue weighted by Gasteiger charge is 2.35. The second-order valence-corrected chi connectivity index (χ2v) is 7.29. The van der Waals surface area contributed by atoms with E-state index in [1.807, 2.05) is 0 Å². The number of fused-ring (bicyclic) bond motifs is 4. The lowest BCUT2D eigenvalue weighted by atomic mass is 9.68. The molecule has 2 bridgehead atoms. The lowest BCUT2D eigenvalue weighted by Gasteiger charge is -2.42. The smallest absolute Gasteiger partial charge is 0.290 e. The first-order valence-corrected chi connectivity index (χ1v) is 9.34. The number of pyridine rings is 1. The highest BCUT2D eigenvalue weighted by molar-refractivity contribution is 5.89. The minimum absolute atomic E-state index is 0.250. The number of aromatic amines is 1. The second kappa shape index (κ2) is 7.87. The van der Waals surface area contributed by atoms with Gasteiger partial charge < -0.3 is 10.4 Å². The molecule has 0 aliphatic heterocycles. The fourth-order valence-corrected chi connectivity index (χ4v) is 4.37. The van der Waals surface area contributed by atoms with Crippen LogP contribution < -0.4 is 5.32 Å². The number of halogens is 1. The van der Waals surface area contributed by atoms with Crippen molar-refractivity contribution in [1.29, 1.82) is 0 Å². The van der Waals surface area contributed by atoms with Crippen LogP contribution in [0.25, 0.3) is 22.4 Å². The molecule has 1 unspecified atom stereocenters. The molecular weight excluding hydrogens is 363 g/mol. The van der Waals surface area contributed by atoms with Crippen molar-refractivity contribution in [2.24, 2.45) is 11.8 Å². The highest BCUT2D eigenvalue weighted by Crippen LogP contribution is 2.42. The number of carboxylic acid groups (broad SMARTS) is 1. The van der Waals surface area contributed by atoms with Crippen molar-refractivity contribution < 1.29 is 14.3 Å². The van der Waals surface area contributed by atoms with Crippen LogP contribution in [0.2, 0.25) is 0 Å². The van der Waals surface area contributed by atoms with Crippen LogP contribution in [-0.4, -0.2) is 42.8 Å². The van der Waals surface area contributed by atoms with Gasteiger partial charge in [0.2, 0.25) is 0 Å². The van der Waals surface area contributed by atoms with E-state index in [-0.39, 0.29) is 6.47 Å². The van der Waals surface area contributed by atoms with Crippen LogP contribution in [0.1, 0.15) is 32.1 Å². The zero-order chi connectivity index (χ0) is 19.5. The maximum absolute atomic E-state index is 13.5. The van der Waals surface area contributed by atoms with Crippen molar-refractivity contribution >= 4 is 23.3 Å². The normalized spacial score (nSPS) is 23.1. The van der Waals surface area contributed by atoms with Gasteiger partial charge in [0, 0.05) is 6.04 Å². The minimum Gasteiger partial charge on any atom is -0.483 e. The molecule has 3 aromatic heterocycles. The van der Waals surface area contributed by atoms with Crippen molar-refractivity contribution in [2.45, 2.75) is 38.1 Å². The van der Waals surface area contributed by atoms with Crippen LogP contribution in [-0.2, 0) is 4.79 Å². The molecule has 3 fully saturated rings. The zero-order valence-electron chi connectivity index (χ0n) is 15.2. The lowest BCUT2D eigenvalue weighted by Crippen LogP contribution is -2.40. The summed E-state index contributed by atoms with van der Waals surface area (Å²) in [5.41, 5.74) is 1.75. The number of nitrogens with one attached hydrogen (secondary N) is 2. The SMILES string of the molecule is Fc1cnc2n[nH]c(-c3cncc(NC4CC5CCC4CC5)n3)c2c1.O=CO. The number of anilines is 1. The van der Waals surface area contributed by atoms with Gasteiger partial charge in [-0.15, -0.1) is 0 Å². The van der Waals surface area contributed by atoms with E-state index in [9.17, 15) is 4.39 Å². The van der Waals surface area contributed by atoms with E-state index in [4.69, 9.17) is 9.90 Å². The molecule has 0 saturated heterocycles. The van der Waals surface area contributed by atoms with Crippen molar-refractivity contribution in [2.75, 3.05) is 5.32 Å². The fraction of sp³-hybridized carbons (Fsp3) is 0.421. The fourth-order valence-electron chi connectivity index (χ4n) is 4.37. The third-order valence-corrected chi connectivity index (χ3v) is 5.65. The Labute approximate surface area is 160 Å². The molecule has 0 aromatic carbocycles. The molecule has 0 amide bonds. The predicted octanol–water partition coefficient (Wildman–Crippen LogP) is 3.25. The maximum atomic E-state index is 13.5. The van der Waals surface area contributed by atoms with Gasteiger partial charge in [0.1, 0.15) is 17.3 Å². The van der Waals surface area contributed by atoms with Crippen molar-refractivity contribution in [1.82, 2.24) is 25.1 Å². The molecule has 3 N–H and O–H groups in total. The summed E-state index contributed by atoms with van der Waals surface area (Å²) in [5, 5.41) is 18.1. The monoisotopic (exact) mass is 384 g/mol. The van der Waals surface area contributed by atoms with E-state index in [1.165, 1.54) is 38.2 Å². The Morgan fingerprint density at radius 3 is 2.71 bits per heavy atom. The summed E-state index contributed by atoms with van der Waals surface area (Å²) in [7, 11) is 0. The summed E-state index contributed by atoms with van der Waals surface area (Å²) < 4.78 is 13.5. The topological polar surface area (TPSA) is 117 Å². The Hall–Kier alpha value is -3.10. The number of nitrogens with zero attached hydrogens (tertiary/aromatic N) is 4. The van der Waals surface area contributed by atoms with E-state index in [0.29, 0.717) is 28.5 Å². The summed E-state index contributed by atoms with van der Waals surface area (Å²) in [6.07, 6.45) is 11.2. The Morgan fingerprint density at radius 1 is 1.21 bits per heavy atom. The molecule has 146 valence electrons. The van der Waals surface area contributed by atoms with Crippen molar-refractivity contribution in [3.8, 4) is 11.4 Å². The molecular formula is C19H21FN6O2. The number of hydrogen-bond acceptors (Lipinski definition) is 6. The minimum atomic E-state index is -0.393. The average Bonchev–Trinajstić information content (AvgIpc) is 3.13. The zero-order valence-corrected chi connectivity index (χ0v) is 15.2. The molecule has 28 heavy (non-hydrogen) atoms. The van der Waals surface area contributed by atoms with E-state index >= 15 is 0 Å². The van der Waals surface area contributed by atoms with Crippen LogP contribution in [0.5, 0.6) is 0 Å². The van der Waals surface area contributed by atoms with Crippen LogP contribution in [0.15, 0.2) is 24.7 Å². The van der Waals surface area contributed by atoms with Gasteiger partial charge in [-0.2, -0.15) is 5.10 Å². The van der Waals surface area contributed by atoms with Gasteiger partial charge in [-0.05, 0) is 37.2 Å². The number of rotatable bonds is 3. The van der Waals surface area contributed by atoms with Crippen LogP contribution in [0, 0.1) is 17.7 Å². The van der Waals surface area contributed by atoms with Gasteiger partial charge in [-0.1, -0.05) is 12.8 Å². The maximum Gasteiger partial charge on any atom is 0.290 e. The summed E-state index contributed by atoms with van der Waals surface area (Å²) in [6, 6.07) is 1.90. The van der Waals surface area contributed by atoms with E-state index in [0.717, 1.165) is 23.9 Å². The van der Waals surface area contributed by atoms with Gasteiger partial charge in [0.15, 0.2) is 5.65 Å². The first-order chi connectivity index (χ1) is 13.7. The summed E-state index contributed by atoms with van der Waals surface area (Å²) >= 11 is 0. The lowest BCUT2D eigenvalue weighted by molar-refractivity contribution is -0.122. The summed E-state index contributed by atoms with van der Waals surface area (Å²) in [6.45, 7) is -0.250. The molecule has 1 atom stereocenters. The van der Waals surface area contributed by atoms with Gasteiger partial charge in [0.05, 0.1) is 29.7 Å². The molecule has 3 aromatic rings. The van der Waals surface area contributed by atoms with E-state index < -0.39 is 5.82 Å². The average molecular weight is 384 g/mol. The Kier molecular flexibility index (Phi) is 5.14. The first kappa shape index (κ1) is 18.3. The standard InChI is InChI=1S/C18H19FN6.CH2O2/c19-12-6-13-17(24-25-18(13)21-7-12)15-8-20-9-16(23-15)22-14-5-10-1-3-11(14)4-2-10;2-1-3/h6-11,14H,1-5H2,(H,22,23)(H,21,24,25);1H,(H,2,3). The van der Waals surface area contributed by atoms with Gasteiger partial charge in [0.25, 0.3) is 6.47 Å². The Bertz CT molecular complexity index is 970. The van der Waals surface area contributed by atoms with Crippen LogP contribution in [0.4, 0.5) is 10.2 Å². The van der Waals surface area contributed by atoms with Crippen molar-refractivity contribution in [3.05, 3.63) is 30.5 Å². The van der Waals surface area contributed by atoms with Crippen molar-refractivity contribution in [3.63, 3.8) is 0 Å². The molecule has 3 aliphatic rings. The third-order valence-electron chi connectivity index (χ3n) is 5.65. The molecule has 0 spiro atoms. The molecule has 3 saturated carbocycles. The Balaban J connectivity index is 0.000000604. The Morgan fingerprint density at radius 2 is 2.00 bits per heavy atom. The second-order valence-electron chi connectivity index (χ2n) is 7.29. The first-order valence-electron chi connectivity index (χ1n) is 9.34. The highest BCUT2D eigenvalue weighted by atomic mass is 19.1. The molecule has 3 aliphatic carbocycles. The molecule has 6 rings (SSSR count). The molecule has 3 heterocycles. The number of carbonyl (C=O) groups is 1. The summed E-state index contributed by atoms with van der Waals surface area (Å²) in [5.74, 6) is 1.96.